The molecular formula is C23H28ClN3O11S. The molecule has 1 aromatic carbocycles. The van der Waals surface area contributed by atoms with Crippen molar-refractivity contribution in [2.75, 3.05) is 33.1 Å². The van der Waals surface area contributed by atoms with Crippen LogP contribution in [0.25, 0.3) is 5.76 Å². The number of nitrogens with two attached hydrogens (primary N) is 1. The van der Waals surface area contributed by atoms with Gasteiger partial charge in [0.05, 0.1) is 22.3 Å². The molecule has 14 nitrogen and oxygen atoms in total. The van der Waals surface area contributed by atoms with Gasteiger partial charge in [-0.1, -0.05) is 11.6 Å². The molecule has 4 rings (SSSR count). The van der Waals surface area contributed by atoms with Gasteiger partial charge in [-0.05, 0) is 38.4 Å². The molecular weight excluding hydrogens is 562 g/mol. The number of aromatic hydroxyl groups is 1. The standard InChI is InChI=1S/C23H26ClN3O7.H2O4S/c1-26(2)16-9-5-8-6-10-17(27(3)4)19(30)15(22(25)33)21(32)23(10,34)20(31)13(8)18(29)14(9)12(28)7-11(16)24;1-5(2,3)4/h7-8,10,17,28-29,32,34H,5-6H2,1-4H3,(H2,25,33);(H2,1,2,3,4)/t8?,10?,17-,23-;/m0./s1. The summed E-state index contributed by atoms with van der Waals surface area (Å²) in [6.45, 7) is 0. The van der Waals surface area contributed by atoms with Crippen LogP contribution in [0.15, 0.2) is 23.0 Å². The second-order valence-electron chi connectivity index (χ2n) is 9.88. The van der Waals surface area contributed by atoms with Crippen molar-refractivity contribution in [3.63, 3.8) is 0 Å². The number of amides is 1. The number of Topliss-reactive ketones (excluding diaryl/α,β-unsaturated/α-hetero) is 2. The Labute approximate surface area is 228 Å². The number of carbonyl (C=O) groups is 3. The Bertz CT molecular complexity index is 1440. The third-order valence-corrected chi connectivity index (χ3v) is 7.38. The van der Waals surface area contributed by atoms with E-state index in [2.05, 4.69) is 0 Å². The molecule has 0 aromatic heterocycles. The summed E-state index contributed by atoms with van der Waals surface area (Å²) >= 11 is 6.35. The van der Waals surface area contributed by atoms with Gasteiger partial charge in [0.1, 0.15) is 22.8 Å². The van der Waals surface area contributed by atoms with Crippen LogP contribution in [-0.4, -0.2) is 100 Å². The van der Waals surface area contributed by atoms with Crippen LogP contribution in [-0.2, 0) is 31.2 Å². The molecule has 2 unspecified atom stereocenters. The topological polar surface area (TPSA) is 239 Å². The molecule has 16 heteroatoms. The predicted octanol–water partition coefficient (Wildman–Crippen LogP) is 0.0306. The minimum absolute atomic E-state index is 0.00406. The van der Waals surface area contributed by atoms with E-state index in [1.54, 1.807) is 33.1 Å². The summed E-state index contributed by atoms with van der Waals surface area (Å²) < 4.78 is 31.6. The molecule has 0 bridgehead atoms. The number of aliphatic hydroxyl groups excluding tert-OH is 2. The Morgan fingerprint density at radius 2 is 1.67 bits per heavy atom. The fourth-order valence-corrected chi connectivity index (χ4v) is 6.14. The van der Waals surface area contributed by atoms with Crippen LogP contribution in [0.1, 0.15) is 17.5 Å². The van der Waals surface area contributed by atoms with Gasteiger partial charge in [0, 0.05) is 31.7 Å². The summed E-state index contributed by atoms with van der Waals surface area (Å²) in [6, 6.07) is 0.125. The normalized spacial score (nSPS) is 26.4. The largest absolute Gasteiger partial charge is 0.508 e. The van der Waals surface area contributed by atoms with Crippen molar-refractivity contribution >= 4 is 50.9 Å². The minimum Gasteiger partial charge on any atom is -0.508 e. The van der Waals surface area contributed by atoms with Gasteiger partial charge in [0.15, 0.2) is 11.4 Å². The molecule has 0 spiro atoms. The average molecular weight is 590 g/mol. The number of phenols is 1. The molecule has 1 saturated carbocycles. The summed E-state index contributed by atoms with van der Waals surface area (Å²) in [5.41, 5.74) is 2.68. The van der Waals surface area contributed by atoms with Crippen molar-refractivity contribution < 1.29 is 52.3 Å². The van der Waals surface area contributed by atoms with Crippen molar-refractivity contribution in [2.45, 2.75) is 24.5 Å². The maximum atomic E-state index is 13.7. The first-order valence-corrected chi connectivity index (χ1v) is 13.1. The van der Waals surface area contributed by atoms with Gasteiger partial charge < -0.3 is 31.1 Å². The van der Waals surface area contributed by atoms with Crippen LogP contribution in [0.2, 0.25) is 5.02 Å². The first-order valence-electron chi connectivity index (χ1n) is 11.3. The van der Waals surface area contributed by atoms with E-state index in [9.17, 15) is 34.8 Å². The highest BCUT2D eigenvalue weighted by Crippen LogP contribution is 2.54. The lowest BCUT2D eigenvalue weighted by Gasteiger charge is -2.50. The molecule has 214 valence electrons. The van der Waals surface area contributed by atoms with Crippen LogP contribution in [0.4, 0.5) is 5.69 Å². The molecule has 0 heterocycles. The number of carbonyl (C=O) groups excluding carboxylic acids is 3. The number of rotatable bonds is 3. The molecule has 0 radical (unpaired) electrons. The van der Waals surface area contributed by atoms with Crippen LogP contribution < -0.4 is 10.6 Å². The lowest BCUT2D eigenvalue weighted by molar-refractivity contribution is -0.153. The molecule has 8 N–H and O–H groups in total. The minimum atomic E-state index is -4.67. The third kappa shape index (κ3) is 4.97. The summed E-state index contributed by atoms with van der Waals surface area (Å²) in [5.74, 6) is -6.90. The van der Waals surface area contributed by atoms with Gasteiger partial charge >= 0.3 is 10.4 Å². The van der Waals surface area contributed by atoms with Gasteiger partial charge in [-0.3, -0.25) is 28.4 Å². The van der Waals surface area contributed by atoms with Crippen molar-refractivity contribution in [1.29, 1.82) is 0 Å². The Kier molecular flexibility index (Phi) is 7.84. The highest BCUT2D eigenvalue weighted by molar-refractivity contribution is 7.79. The number of fused-ring (bicyclic) bond motifs is 3. The number of likely N-dealkylation sites (N-methyl/N-ethyl adjacent to an activating group) is 1. The number of halogens is 1. The number of primary amides is 1. The van der Waals surface area contributed by atoms with Gasteiger partial charge in [0.25, 0.3) is 5.91 Å². The Morgan fingerprint density at radius 3 is 2.13 bits per heavy atom. The van der Waals surface area contributed by atoms with Crippen LogP contribution in [0.5, 0.6) is 5.75 Å². The zero-order valence-corrected chi connectivity index (χ0v) is 22.8. The molecule has 1 amide bonds. The van der Waals surface area contributed by atoms with Crippen molar-refractivity contribution in [1.82, 2.24) is 4.90 Å². The Morgan fingerprint density at radius 1 is 1.13 bits per heavy atom. The summed E-state index contributed by atoms with van der Waals surface area (Å²) in [4.78, 5) is 42.0. The summed E-state index contributed by atoms with van der Waals surface area (Å²) in [6.07, 6.45) is 0.197. The number of aliphatic hydroxyl groups is 3. The van der Waals surface area contributed by atoms with Gasteiger partial charge in [-0.25, -0.2) is 0 Å². The molecule has 0 aliphatic heterocycles. The number of nitrogens with zero attached hydrogens (tertiary/aromatic N) is 2. The second-order valence-corrected chi connectivity index (χ2v) is 11.2. The monoisotopic (exact) mass is 589 g/mol. The summed E-state index contributed by atoms with van der Waals surface area (Å²) in [7, 11) is 1.93. The van der Waals surface area contributed by atoms with E-state index >= 15 is 0 Å². The van der Waals surface area contributed by atoms with Crippen molar-refractivity contribution in [2.24, 2.45) is 17.6 Å². The van der Waals surface area contributed by atoms with Crippen molar-refractivity contribution in [3.05, 3.63) is 39.1 Å². The maximum Gasteiger partial charge on any atom is 0.394 e. The number of anilines is 1. The zero-order valence-electron chi connectivity index (χ0n) is 21.2. The molecule has 39 heavy (non-hydrogen) atoms. The van der Waals surface area contributed by atoms with E-state index in [0.717, 1.165) is 0 Å². The van der Waals surface area contributed by atoms with Crippen LogP contribution in [0, 0.1) is 11.8 Å². The van der Waals surface area contributed by atoms with Gasteiger partial charge in [-0.2, -0.15) is 8.42 Å². The SMILES string of the molecule is CN(C)c1c(Cl)cc(O)c2c1CC1CC3[C@H](N(C)C)C(=O)C(C(N)=O)=C(O)[C@@]3(O)C(=O)C1=C2O.O=S(=O)(O)O. The molecule has 3 aliphatic rings. The van der Waals surface area contributed by atoms with E-state index in [4.69, 9.17) is 34.9 Å². The molecule has 0 saturated heterocycles. The lowest BCUT2D eigenvalue weighted by atomic mass is 9.57. The first-order chi connectivity index (χ1) is 17.7. The highest BCUT2D eigenvalue weighted by atomic mass is 35.5. The smallest absolute Gasteiger partial charge is 0.394 e. The van der Waals surface area contributed by atoms with Crippen LogP contribution >= 0.6 is 11.6 Å². The van der Waals surface area contributed by atoms with E-state index in [0.29, 0.717) is 11.3 Å². The summed E-state index contributed by atoms with van der Waals surface area (Å²) in [5, 5.41) is 44.3. The number of ketones is 2. The fourth-order valence-electron chi connectivity index (χ4n) is 5.76. The lowest BCUT2D eigenvalue weighted by Crippen LogP contribution is -2.65. The maximum absolute atomic E-state index is 13.7. The zero-order chi connectivity index (χ0) is 29.9. The number of hydrogen-bond donors (Lipinski definition) is 7. The van der Waals surface area contributed by atoms with Crippen molar-refractivity contribution in [3.8, 4) is 5.75 Å². The van der Waals surface area contributed by atoms with Gasteiger partial charge in [0.2, 0.25) is 5.78 Å². The molecule has 3 aliphatic carbocycles. The second kappa shape index (κ2) is 10.1. The Hall–Kier alpha value is -3.21. The van der Waals surface area contributed by atoms with Gasteiger partial charge in [-0.15, -0.1) is 0 Å². The van der Waals surface area contributed by atoms with Crippen LogP contribution in [0.3, 0.4) is 0 Å². The number of phenolic OH excluding ortho intramolecular Hbond substituents is 1. The fraction of sp³-hybridized carbons (Fsp3) is 0.435. The third-order valence-electron chi connectivity index (χ3n) is 7.09. The highest BCUT2D eigenvalue weighted by Gasteiger charge is 2.64. The Balaban J connectivity index is 0.000000771. The predicted molar refractivity (Wildman–Crippen MR) is 138 cm³/mol. The molecule has 1 fully saturated rings. The van der Waals surface area contributed by atoms with E-state index in [-0.39, 0.29) is 34.8 Å². The quantitative estimate of drug-likeness (QED) is 0.182. The van der Waals surface area contributed by atoms with E-state index < -0.39 is 68.4 Å². The first kappa shape index (κ1) is 30.3. The number of hydrogen-bond acceptors (Lipinski definition) is 11. The molecule has 4 atom stereocenters. The van der Waals surface area contributed by atoms with E-state index in [1.165, 1.54) is 11.0 Å². The molecule has 1 aromatic rings. The average Bonchev–Trinajstić information content (AvgIpc) is 2.74. The van der Waals surface area contributed by atoms with E-state index in [1.807, 2.05) is 0 Å². The number of benzene rings is 1.